The third-order valence-electron chi connectivity index (χ3n) is 2.03. The molecule has 0 aliphatic rings. The first-order valence-electron chi connectivity index (χ1n) is 5.71. The molecule has 0 bridgehead atoms. The second-order valence-electron chi connectivity index (χ2n) is 4.90. The summed E-state index contributed by atoms with van der Waals surface area (Å²) in [5, 5.41) is 21.8. The predicted octanol–water partition coefficient (Wildman–Crippen LogP) is 0.0411. The summed E-state index contributed by atoms with van der Waals surface area (Å²) < 4.78 is 6.38. The maximum atomic E-state index is 11.5. The van der Waals surface area contributed by atoms with Crippen molar-refractivity contribution in [2.75, 3.05) is 0 Å². The first kappa shape index (κ1) is 14.9. The summed E-state index contributed by atoms with van der Waals surface area (Å²) in [6.07, 6.45) is 0.753. The van der Waals surface area contributed by atoms with Crippen LogP contribution in [0.25, 0.3) is 0 Å². The van der Waals surface area contributed by atoms with E-state index >= 15 is 0 Å². The molecule has 0 saturated heterocycles. The fourth-order valence-electron chi connectivity index (χ4n) is 1.25. The van der Waals surface area contributed by atoms with E-state index in [0.29, 0.717) is 0 Å². The van der Waals surface area contributed by atoms with Crippen molar-refractivity contribution in [3.63, 3.8) is 0 Å². The predicted molar refractivity (Wildman–Crippen MR) is 63.2 cm³/mol. The Morgan fingerprint density at radius 2 is 2.16 bits per heavy atom. The highest BCUT2D eigenvalue weighted by Crippen LogP contribution is 2.07. The second kappa shape index (κ2) is 6.12. The SMILES string of the molecule is CC(C)(C)OC(=O)NC(CCn1cnnn1)C(=O)O. The van der Waals surface area contributed by atoms with E-state index in [4.69, 9.17) is 9.84 Å². The Balaban J connectivity index is 2.49. The first-order chi connectivity index (χ1) is 8.78. The molecule has 0 saturated carbocycles. The molecule has 0 spiro atoms. The van der Waals surface area contributed by atoms with Crippen LogP contribution in [-0.2, 0) is 16.1 Å². The van der Waals surface area contributed by atoms with Crippen molar-refractivity contribution >= 4 is 12.1 Å². The maximum Gasteiger partial charge on any atom is 0.408 e. The van der Waals surface area contributed by atoms with Gasteiger partial charge in [-0.2, -0.15) is 0 Å². The molecule has 1 rings (SSSR count). The van der Waals surface area contributed by atoms with E-state index in [2.05, 4.69) is 20.8 Å². The quantitative estimate of drug-likeness (QED) is 0.775. The molecule has 19 heavy (non-hydrogen) atoms. The molecule has 0 radical (unpaired) electrons. The van der Waals surface area contributed by atoms with E-state index < -0.39 is 23.7 Å². The summed E-state index contributed by atoms with van der Waals surface area (Å²) >= 11 is 0. The molecule has 1 amide bonds. The van der Waals surface area contributed by atoms with Gasteiger partial charge in [0, 0.05) is 6.54 Å². The standard InChI is InChI=1S/C10H17N5O4/c1-10(2,3)19-9(18)12-7(8(16)17)4-5-15-6-11-13-14-15/h6-7H,4-5H2,1-3H3,(H,12,18)(H,16,17). The fourth-order valence-corrected chi connectivity index (χ4v) is 1.25. The molecule has 0 aromatic carbocycles. The number of nitrogens with zero attached hydrogens (tertiary/aromatic N) is 4. The molecule has 0 aliphatic heterocycles. The second-order valence-corrected chi connectivity index (χ2v) is 4.90. The summed E-state index contributed by atoms with van der Waals surface area (Å²) in [5.74, 6) is -1.14. The molecule has 1 unspecified atom stereocenters. The first-order valence-corrected chi connectivity index (χ1v) is 5.71. The van der Waals surface area contributed by atoms with Crippen molar-refractivity contribution in [3.8, 4) is 0 Å². The minimum absolute atomic E-state index is 0.152. The van der Waals surface area contributed by atoms with Crippen molar-refractivity contribution in [1.29, 1.82) is 0 Å². The number of amides is 1. The number of carboxylic acids is 1. The van der Waals surface area contributed by atoms with Crippen LogP contribution < -0.4 is 5.32 Å². The van der Waals surface area contributed by atoms with Gasteiger partial charge >= 0.3 is 12.1 Å². The highest BCUT2D eigenvalue weighted by Gasteiger charge is 2.23. The number of rotatable bonds is 5. The van der Waals surface area contributed by atoms with E-state index in [1.165, 1.54) is 11.0 Å². The van der Waals surface area contributed by atoms with Gasteiger partial charge in [0.25, 0.3) is 0 Å². The van der Waals surface area contributed by atoms with E-state index in [1.54, 1.807) is 20.8 Å². The lowest BCUT2D eigenvalue weighted by atomic mass is 10.2. The van der Waals surface area contributed by atoms with Crippen LogP contribution in [0.3, 0.4) is 0 Å². The molecule has 1 heterocycles. The Bertz CT molecular complexity index is 426. The summed E-state index contributed by atoms with van der Waals surface area (Å²) in [5.41, 5.74) is -0.678. The molecular weight excluding hydrogens is 254 g/mol. The van der Waals surface area contributed by atoms with Crippen molar-refractivity contribution in [2.45, 2.75) is 45.4 Å². The number of ether oxygens (including phenoxy) is 1. The lowest BCUT2D eigenvalue weighted by Crippen LogP contribution is -2.44. The number of hydrogen-bond donors (Lipinski definition) is 2. The Labute approximate surface area is 109 Å². The number of alkyl carbamates (subject to hydrolysis) is 1. The third kappa shape index (κ3) is 5.80. The Morgan fingerprint density at radius 3 is 2.63 bits per heavy atom. The zero-order valence-corrected chi connectivity index (χ0v) is 11.0. The monoisotopic (exact) mass is 271 g/mol. The highest BCUT2D eigenvalue weighted by atomic mass is 16.6. The van der Waals surface area contributed by atoms with Crippen molar-refractivity contribution in [3.05, 3.63) is 6.33 Å². The summed E-state index contributed by atoms with van der Waals surface area (Å²) in [7, 11) is 0. The number of carbonyl (C=O) groups excluding carboxylic acids is 1. The largest absolute Gasteiger partial charge is 0.480 e. The molecule has 2 N–H and O–H groups in total. The number of nitrogens with one attached hydrogen (secondary N) is 1. The van der Waals surface area contributed by atoms with Crippen LogP contribution in [0.15, 0.2) is 6.33 Å². The van der Waals surface area contributed by atoms with Gasteiger partial charge in [-0.1, -0.05) is 0 Å². The zero-order valence-electron chi connectivity index (χ0n) is 11.0. The van der Waals surface area contributed by atoms with E-state index in [9.17, 15) is 9.59 Å². The number of tetrazole rings is 1. The summed E-state index contributed by atoms with van der Waals surface area (Å²) in [6, 6.07) is -1.06. The van der Waals surface area contributed by atoms with Crippen molar-refractivity contribution in [2.24, 2.45) is 0 Å². The van der Waals surface area contributed by atoms with Crippen LogP contribution in [0.2, 0.25) is 0 Å². The minimum Gasteiger partial charge on any atom is -0.480 e. The zero-order chi connectivity index (χ0) is 14.5. The normalized spacial score (nSPS) is 12.8. The Kier molecular flexibility index (Phi) is 4.79. The number of aryl methyl sites for hydroxylation is 1. The van der Waals surface area contributed by atoms with Gasteiger partial charge in [0.1, 0.15) is 18.0 Å². The molecule has 9 nitrogen and oxygen atoms in total. The van der Waals surface area contributed by atoms with Gasteiger partial charge in [0.15, 0.2) is 0 Å². The number of carbonyl (C=O) groups is 2. The van der Waals surface area contributed by atoms with Crippen LogP contribution in [0, 0.1) is 0 Å². The highest BCUT2D eigenvalue weighted by molar-refractivity contribution is 5.79. The van der Waals surface area contributed by atoms with E-state index in [1.807, 2.05) is 0 Å². The van der Waals surface area contributed by atoms with Crippen LogP contribution >= 0.6 is 0 Å². The van der Waals surface area contributed by atoms with Gasteiger partial charge < -0.3 is 15.2 Å². The molecule has 106 valence electrons. The molecule has 1 atom stereocenters. The Morgan fingerprint density at radius 1 is 1.47 bits per heavy atom. The van der Waals surface area contributed by atoms with Crippen molar-refractivity contribution in [1.82, 2.24) is 25.5 Å². The molecule has 1 aromatic rings. The molecule has 9 heteroatoms. The van der Waals surface area contributed by atoms with Crippen LogP contribution in [0.1, 0.15) is 27.2 Å². The van der Waals surface area contributed by atoms with Gasteiger partial charge in [-0.15, -0.1) is 5.10 Å². The van der Waals surface area contributed by atoms with Gasteiger partial charge in [0.05, 0.1) is 0 Å². The van der Waals surface area contributed by atoms with E-state index in [-0.39, 0.29) is 13.0 Å². The van der Waals surface area contributed by atoms with Gasteiger partial charge in [0.2, 0.25) is 0 Å². The maximum absolute atomic E-state index is 11.5. The van der Waals surface area contributed by atoms with Crippen LogP contribution in [-0.4, -0.2) is 49.0 Å². The molecule has 1 aromatic heterocycles. The topological polar surface area (TPSA) is 119 Å². The number of hydrogen-bond acceptors (Lipinski definition) is 6. The van der Waals surface area contributed by atoms with Crippen LogP contribution in [0.4, 0.5) is 4.79 Å². The smallest absolute Gasteiger partial charge is 0.408 e. The van der Waals surface area contributed by atoms with Crippen molar-refractivity contribution < 1.29 is 19.4 Å². The molecular formula is C10H17N5O4. The minimum atomic E-state index is -1.14. The molecule has 0 aliphatic carbocycles. The summed E-state index contributed by atoms with van der Waals surface area (Å²) in [6.45, 7) is 5.37. The fraction of sp³-hybridized carbons (Fsp3) is 0.700. The third-order valence-corrected chi connectivity index (χ3v) is 2.03. The average molecular weight is 271 g/mol. The average Bonchev–Trinajstić information content (AvgIpc) is 2.73. The molecule has 0 fully saturated rings. The van der Waals surface area contributed by atoms with Gasteiger partial charge in [-0.3, -0.25) is 0 Å². The summed E-state index contributed by atoms with van der Waals surface area (Å²) in [4.78, 5) is 22.5. The lowest BCUT2D eigenvalue weighted by molar-refractivity contribution is -0.139. The van der Waals surface area contributed by atoms with Crippen LogP contribution in [0.5, 0.6) is 0 Å². The number of carboxylic acid groups (broad SMARTS) is 1. The van der Waals surface area contributed by atoms with Gasteiger partial charge in [-0.25, -0.2) is 14.3 Å². The number of aromatic nitrogens is 4. The lowest BCUT2D eigenvalue weighted by Gasteiger charge is -2.21. The number of aliphatic carboxylic acids is 1. The van der Waals surface area contributed by atoms with E-state index in [0.717, 1.165) is 0 Å². The Hall–Kier alpha value is -2.19. The van der Waals surface area contributed by atoms with Gasteiger partial charge in [-0.05, 0) is 37.6 Å².